The standard InChI is InChI=1S/C23H25F2N9O2S2/c24-19(25)20-28-29-21(37-20)34-18-12-15(38(36)30-23(14-26)3-4-23)11-17(16(18)13-27-34)31-7-9-33(10-8-31)22(35)32-5-1-2-6-32/h11-13,19,30H,1-10H2. The number of benzene rings is 1. The number of carbonyl (C=O) groups excluding carboxylic acids is 1. The number of anilines is 1. The zero-order valence-electron chi connectivity index (χ0n) is 20.3. The Morgan fingerprint density at radius 1 is 1.13 bits per heavy atom. The van der Waals surface area contributed by atoms with E-state index in [4.69, 9.17) is 0 Å². The first kappa shape index (κ1) is 25.2. The van der Waals surface area contributed by atoms with Crippen LogP contribution in [0.1, 0.15) is 37.1 Å². The molecule has 0 spiro atoms. The van der Waals surface area contributed by atoms with Crippen molar-refractivity contribution in [2.75, 3.05) is 44.2 Å². The number of nitriles is 1. The van der Waals surface area contributed by atoms with E-state index >= 15 is 0 Å². The number of piperazine rings is 1. The van der Waals surface area contributed by atoms with Crippen molar-refractivity contribution in [2.24, 2.45) is 0 Å². The number of fused-ring (bicyclic) bond motifs is 1. The molecule has 1 saturated carbocycles. The van der Waals surface area contributed by atoms with Crippen LogP contribution in [0.25, 0.3) is 16.0 Å². The fourth-order valence-corrected chi connectivity index (χ4v) is 6.68. The Hall–Kier alpha value is -3.06. The topological polar surface area (TPSA) is 129 Å². The Kier molecular flexibility index (Phi) is 6.58. The Balaban J connectivity index is 1.32. The summed E-state index contributed by atoms with van der Waals surface area (Å²) in [7, 11) is 0. The van der Waals surface area contributed by atoms with E-state index in [2.05, 4.69) is 31.0 Å². The van der Waals surface area contributed by atoms with E-state index in [-0.39, 0.29) is 11.2 Å². The quantitative estimate of drug-likeness (QED) is 0.455. The number of carbonyl (C=O) groups is 1. The van der Waals surface area contributed by atoms with E-state index < -0.39 is 28.3 Å². The minimum Gasteiger partial charge on any atom is -0.593 e. The van der Waals surface area contributed by atoms with Crippen molar-refractivity contribution in [1.82, 2.24) is 34.5 Å². The number of aromatic nitrogens is 4. The van der Waals surface area contributed by atoms with Crippen LogP contribution < -0.4 is 9.62 Å². The van der Waals surface area contributed by atoms with E-state index in [1.54, 1.807) is 12.3 Å². The summed E-state index contributed by atoms with van der Waals surface area (Å²) >= 11 is -0.952. The van der Waals surface area contributed by atoms with Gasteiger partial charge in [-0.1, -0.05) is 11.3 Å². The average molecular weight is 562 g/mol. The molecule has 1 N–H and O–H groups in total. The van der Waals surface area contributed by atoms with Crippen LogP contribution in [-0.4, -0.2) is 85.2 Å². The third-order valence-electron chi connectivity index (χ3n) is 7.17. The van der Waals surface area contributed by atoms with Gasteiger partial charge in [-0.15, -0.1) is 14.9 Å². The first-order chi connectivity index (χ1) is 18.4. The van der Waals surface area contributed by atoms with Crippen LogP contribution >= 0.6 is 11.3 Å². The highest BCUT2D eigenvalue weighted by molar-refractivity contribution is 7.89. The molecule has 3 aliphatic rings. The predicted molar refractivity (Wildman–Crippen MR) is 137 cm³/mol. The van der Waals surface area contributed by atoms with Crippen LogP contribution in [-0.2, 0) is 11.4 Å². The minimum atomic E-state index is -2.74. The van der Waals surface area contributed by atoms with Gasteiger partial charge in [0.15, 0.2) is 9.90 Å². The molecule has 2 amide bonds. The zero-order chi connectivity index (χ0) is 26.4. The van der Waals surface area contributed by atoms with Gasteiger partial charge in [0.25, 0.3) is 6.43 Å². The van der Waals surface area contributed by atoms with Crippen LogP contribution in [0.4, 0.5) is 19.3 Å². The Morgan fingerprint density at radius 3 is 2.47 bits per heavy atom. The SMILES string of the molecule is N#CC1(N[S+]([O-])c2cc(N3CCN(C(=O)N4CCCC4)CC3)c3cnn(-c4nnc(C(F)F)s4)c3c2)CC1. The molecule has 6 rings (SSSR count). The maximum absolute atomic E-state index is 13.3. The molecule has 1 aromatic carbocycles. The highest BCUT2D eigenvalue weighted by Crippen LogP contribution is 2.38. The summed E-state index contributed by atoms with van der Waals surface area (Å²) in [6.45, 7) is 3.82. The second kappa shape index (κ2) is 9.92. The number of hydrogen-bond acceptors (Lipinski definition) is 9. The van der Waals surface area contributed by atoms with Crippen molar-refractivity contribution < 1.29 is 18.1 Å². The average Bonchev–Trinajstić information content (AvgIpc) is 3.37. The van der Waals surface area contributed by atoms with E-state index in [0.717, 1.165) is 48.3 Å². The molecule has 200 valence electrons. The Morgan fingerprint density at radius 2 is 1.84 bits per heavy atom. The second-order valence-corrected chi connectivity index (χ2v) is 11.9. The molecule has 2 aliphatic heterocycles. The van der Waals surface area contributed by atoms with Crippen LogP contribution in [0.2, 0.25) is 0 Å². The number of urea groups is 1. The van der Waals surface area contributed by atoms with Gasteiger partial charge in [0.05, 0.1) is 34.8 Å². The number of alkyl halides is 2. The molecule has 0 radical (unpaired) electrons. The monoisotopic (exact) mass is 561 g/mol. The number of halogens is 2. The fraction of sp³-hybridized carbons (Fsp3) is 0.522. The normalized spacial score (nSPS) is 19.8. The molecule has 1 aliphatic carbocycles. The Bertz CT molecular complexity index is 1390. The van der Waals surface area contributed by atoms with Gasteiger partial charge in [-0.25, -0.2) is 18.3 Å². The van der Waals surface area contributed by atoms with Crippen molar-refractivity contribution >= 4 is 45.3 Å². The number of nitrogens with zero attached hydrogens (tertiary/aromatic N) is 8. The minimum absolute atomic E-state index is 0.0662. The Labute approximate surface area is 224 Å². The van der Waals surface area contributed by atoms with Crippen molar-refractivity contribution in [1.29, 1.82) is 5.26 Å². The lowest BCUT2D eigenvalue weighted by Gasteiger charge is -2.38. The van der Waals surface area contributed by atoms with Gasteiger partial charge in [-0.05, 0) is 25.7 Å². The summed E-state index contributed by atoms with van der Waals surface area (Å²) < 4.78 is 44.0. The summed E-state index contributed by atoms with van der Waals surface area (Å²) in [6.07, 6.45) is 2.20. The predicted octanol–water partition coefficient (Wildman–Crippen LogP) is 2.82. The molecular formula is C23H25F2N9O2S2. The van der Waals surface area contributed by atoms with Crippen LogP contribution in [0.15, 0.2) is 23.2 Å². The summed E-state index contributed by atoms with van der Waals surface area (Å²) in [5, 5.41) is 21.8. The van der Waals surface area contributed by atoms with E-state index in [0.29, 0.717) is 49.4 Å². The van der Waals surface area contributed by atoms with E-state index in [1.807, 2.05) is 15.9 Å². The summed E-state index contributed by atoms with van der Waals surface area (Å²) in [6, 6.07) is 5.75. The second-order valence-electron chi connectivity index (χ2n) is 9.67. The lowest BCUT2D eigenvalue weighted by atomic mass is 10.1. The summed E-state index contributed by atoms with van der Waals surface area (Å²) in [5.74, 6) is 0. The number of hydrogen-bond donors (Lipinski definition) is 1. The molecule has 0 bridgehead atoms. The van der Waals surface area contributed by atoms with Gasteiger partial charge in [-0.2, -0.15) is 10.4 Å². The zero-order valence-corrected chi connectivity index (χ0v) is 22.0. The summed E-state index contributed by atoms with van der Waals surface area (Å²) in [4.78, 5) is 19.2. The number of likely N-dealkylation sites (tertiary alicyclic amines) is 1. The smallest absolute Gasteiger partial charge is 0.320 e. The van der Waals surface area contributed by atoms with Gasteiger partial charge in [-0.3, -0.25) is 0 Å². The first-order valence-corrected chi connectivity index (χ1v) is 14.4. The highest BCUT2D eigenvalue weighted by Gasteiger charge is 2.48. The molecule has 15 heteroatoms. The van der Waals surface area contributed by atoms with Gasteiger partial charge in [0.2, 0.25) is 5.13 Å². The van der Waals surface area contributed by atoms with E-state index in [9.17, 15) is 23.4 Å². The molecule has 11 nitrogen and oxygen atoms in total. The van der Waals surface area contributed by atoms with Gasteiger partial charge in [0, 0.05) is 56.8 Å². The molecular weight excluding hydrogens is 536 g/mol. The van der Waals surface area contributed by atoms with Gasteiger partial charge >= 0.3 is 6.03 Å². The third-order valence-corrected chi connectivity index (χ3v) is 9.32. The highest BCUT2D eigenvalue weighted by atomic mass is 32.2. The molecule has 38 heavy (non-hydrogen) atoms. The molecule has 4 heterocycles. The van der Waals surface area contributed by atoms with Crippen molar-refractivity contribution in [3.8, 4) is 11.2 Å². The fourth-order valence-electron chi connectivity index (χ4n) is 4.85. The third kappa shape index (κ3) is 4.66. The molecule has 1 unspecified atom stereocenters. The lowest BCUT2D eigenvalue weighted by molar-refractivity contribution is 0.150. The summed E-state index contributed by atoms with van der Waals surface area (Å²) in [5.41, 5.74) is 0.516. The van der Waals surface area contributed by atoms with Crippen molar-refractivity contribution in [3.63, 3.8) is 0 Å². The maximum atomic E-state index is 13.3. The molecule has 3 fully saturated rings. The largest absolute Gasteiger partial charge is 0.593 e. The maximum Gasteiger partial charge on any atom is 0.320 e. The molecule has 2 aromatic heterocycles. The van der Waals surface area contributed by atoms with Crippen molar-refractivity contribution in [2.45, 2.75) is 42.5 Å². The van der Waals surface area contributed by atoms with Gasteiger partial charge < -0.3 is 19.3 Å². The van der Waals surface area contributed by atoms with E-state index in [1.165, 1.54) is 4.68 Å². The number of rotatable bonds is 6. The van der Waals surface area contributed by atoms with Crippen LogP contribution in [0.5, 0.6) is 0 Å². The van der Waals surface area contributed by atoms with Crippen molar-refractivity contribution in [3.05, 3.63) is 23.3 Å². The van der Waals surface area contributed by atoms with Crippen LogP contribution in [0.3, 0.4) is 0 Å². The van der Waals surface area contributed by atoms with Gasteiger partial charge in [0.1, 0.15) is 5.54 Å². The lowest BCUT2D eigenvalue weighted by Crippen LogP contribution is -2.52. The number of amides is 2. The van der Waals surface area contributed by atoms with Crippen LogP contribution in [0, 0.1) is 11.3 Å². The molecule has 1 atom stereocenters. The first-order valence-electron chi connectivity index (χ1n) is 12.4. The molecule has 2 saturated heterocycles. The molecule has 3 aromatic rings. The number of nitrogens with one attached hydrogen (secondary N) is 1.